The van der Waals surface area contributed by atoms with E-state index >= 15 is 0 Å². The van der Waals surface area contributed by atoms with Crippen LogP contribution in [0.5, 0.6) is 0 Å². The molecule has 2 unspecified atom stereocenters. The Balaban J connectivity index is 1.86. The van der Waals surface area contributed by atoms with E-state index in [-0.39, 0.29) is 12.0 Å². The molecule has 20 heavy (non-hydrogen) atoms. The fourth-order valence-electron chi connectivity index (χ4n) is 3.83. The minimum atomic E-state index is 0.273. The maximum Gasteiger partial charge on any atom is 0.225 e. The molecular formula is C17H32N2O. The number of amides is 1. The Kier molecular flexibility index (Phi) is 4.78. The zero-order valence-corrected chi connectivity index (χ0v) is 13.7. The summed E-state index contributed by atoms with van der Waals surface area (Å²) >= 11 is 0. The van der Waals surface area contributed by atoms with Gasteiger partial charge in [-0.3, -0.25) is 4.79 Å². The first-order valence-electron chi connectivity index (χ1n) is 8.33. The number of carbonyl (C=O) groups excluding carboxylic acids is 1. The summed E-state index contributed by atoms with van der Waals surface area (Å²) in [4.78, 5) is 14.7. The van der Waals surface area contributed by atoms with E-state index in [9.17, 15) is 4.79 Å². The molecule has 0 aromatic rings. The summed E-state index contributed by atoms with van der Waals surface area (Å²) in [5, 5.41) is 0. The van der Waals surface area contributed by atoms with Gasteiger partial charge in [0.2, 0.25) is 5.91 Å². The van der Waals surface area contributed by atoms with Gasteiger partial charge in [0.25, 0.3) is 0 Å². The second-order valence-electron chi connectivity index (χ2n) is 8.13. The first-order chi connectivity index (χ1) is 9.29. The van der Waals surface area contributed by atoms with Crippen LogP contribution in [0.3, 0.4) is 0 Å². The zero-order valence-electron chi connectivity index (χ0n) is 13.7. The van der Waals surface area contributed by atoms with E-state index in [1.165, 1.54) is 12.8 Å². The molecule has 1 heterocycles. The van der Waals surface area contributed by atoms with Crippen LogP contribution in [0.4, 0.5) is 0 Å². The van der Waals surface area contributed by atoms with Crippen LogP contribution in [-0.4, -0.2) is 29.9 Å². The number of likely N-dealkylation sites (tertiary alicyclic amines) is 1. The van der Waals surface area contributed by atoms with Gasteiger partial charge in [-0.25, -0.2) is 0 Å². The zero-order chi connectivity index (χ0) is 14.9. The summed E-state index contributed by atoms with van der Waals surface area (Å²) < 4.78 is 0. The van der Waals surface area contributed by atoms with Crippen LogP contribution in [0.1, 0.15) is 59.8 Å². The Morgan fingerprint density at radius 2 is 1.70 bits per heavy atom. The van der Waals surface area contributed by atoms with E-state index in [0.717, 1.165) is 38.3 Å². The van der Waals surface area contributed by atoms with Gasteiger partial charge in [0, 0.05) is 25.0 Å². The van der Waals surface area contributed by atoms with E-state index < -0.39 is 0 Å². The van der Waals surface area contributed by atoms with Crippen molar-refractivity contribution < 1.29 is 4.79 Å². The quantitative estimate of drug-likeness (QED) is 0.802. The van der Waals surface area contributed by atoms with Crippen molar-refractivity contribution in [3.8, 4) is 0 Å². The third kappa shape index (κ3) is 3.55. The number of nitrogens with two attached hydrogens (primary N) is 1. The SMILES string of the molecule is CC1CN(C(=O)C2CCC(C(C)(C)C)CC2)CCC1N. The molecule has 3 nitrogen and oxygen atoms in total. The van der Waals surface area contributed by atoms with Crippen molar-refractivity contribution in [1.29, 1.82) is 0 Å². The van der Waals surface area contributed by atoms with E-state index in [1.54, 1.807) is 0 Å². The number of rotatable bonds is 1. The van der Waals surface area contributed by atoms with Gasteiger partial charge < -0.3 is 10.6 Å². The number of hydrogen-bond donors (Lipinski definition) is 1. The summed E-state index contributed by atoms with van der Waals surface area (Å²) in [7, 11) is 0. The monoisotopic (exact) mass is 280 g/mol. The predicted molar refractivity (Wildman–Crippen MR) is 83.2 cm³/mol. The van der Waals surface area contributed by atoms with Crippen molar-refractivity contribution >= 4 is 5.91 Å². The van der Waals surface area contributed by atoms with E-state index in [0.29, 0.717) is 17.2 Å². The van der Waals surface area contributed by atoms with Gasteiger partial charge in [-0.05, 0) is 49.4 Å². The van der Waals surface area contributed by atoms with Crippen LogP contribution in [-0.2, 0) is 4.79 Å². The topological polar surface area (TPSA) is 46.3 Å². The maximum atomic E-state index is 12.6. The second-order valence-corrected chi connectivity index (χ2v) is 8.13. The molecule has 1 saturated heterocycles. The van der Waals surface area contributed by atoms with Gasteiger partial charge >= 0.3 is 0 Å². The third-order valence-corrected chi connectivity index (χ3v) is 5.58. The normalized spacial score (nSPS) is 36.0. The molecule has 1 amide bonds. The fourth-order valence-corrected chi connectivity index (χ4v) is 3.83. The Labute approximate surface area is 124 Å². The van der Waals surface area contributed by atoms with Gasteiger partial charge in [-0.2, -0.15) is 0 Å². The molecule has 1 aliphatic carbocycles. The smallest absolute Gasteiger partial charge is 0.225 e. The maximum absolute atomic E-state index is 12.6. The highest BCUT2D eigenvalue weighted by Gasteiger charge is 2.35. The molecule has 2 atom stereocenters. The van der Waals surface area contributed by atoms with Gasteiger partial charge in [0.15, 0.2) is 0 Å². The first kappa shape index (κ1) is 15.8. The van der Waals surface area contributed by atoms with Crippen LogP contribution in [0.15, 0.2) is 0 Å². The van der Waals surface area contributed by atoms with Crippen LogP contribution in [0, 0.1) is 23.2 Å². The van der Waals surface area contributed by atoms with Crippen molar-refractivity contribution in [2.45, 2.75) is 65.8 Å². The Hall–Kier alpha value is -0.570. The Morgan fingerprint density at radius 3 is 2.20 bits per heavy atom. The highest BCUT2D eigenvalue weighted by atomic mass is 16.2. The van der Waals surface area contributed by atoms with Gasteiger partial charge in [-0.15, -0.1) is 0 Å². The summed E-state index contributed by atoms with van der Waals surface area (Å²) in [6.45, 7) is 10.9. The lowest BCUT2D eigenvalue weighted by atomic mass is 9.69. The van der Waals surface area contributed by atoms with E-state index in [4.69, 9.17) is 5.73 Å². The molecule has 2 rings (SSSR count). The van der Waals surface area contributed by atoms with Crippen LogP contribution >= 0.6 is 0 Å². The molecule has 0 spiro atoms. The fraction of sp³-hybridized carbons (Fsp3) is 0.941. The summed E-state index contributed by atoms with van der Waals surface area (Å²) in [6.07, 6.45) is 5.55. The summed E-state index contributed by atoms with van der Waals surface area (Å²) in [5.41, 5.74) is 6.44. The number of hydrogen-bond acceptors (Lipinski definition) is 2. The molecule has 0 aromatic heterocycles. The molecule has 0 radical (unpaired) electrons. The average Bonchev–Trinajstić information content (AvgIpc) is 2.40. The largest absolute Gasteiger partial charge is 0.342 e. The number of nitrogens with zero attached hydrogens (tertiary/aromatic N) is 1. The van der Waals surface area contributed by atoms with E-state index in [1.807, 2.05) is 0 Å². The van der Waals surface area contributed by atoms with Crippen LogP contribution < -0.4 is 5.73 Å². The lowest BCUT2D eigenvalue weighted by molar-refractivity contribution is -0.139. The summed E-state index contributed by atoms with van der Waals surface area (Å²) in [5.74, 6) is 1.89. The Bertz CT molecular complexity index is 339. The lowest BCUT2D eigenvalue weighted by Gasteiger charge is -2.40. The number of piperidine rings is 1. The molecule has 2 N–H and O–H groups in total. The minimum absolute atomic E-state index is 0.273. The standard InChI is InChI=1S/C17H32N2O/c1-12-11-19(10-9-15(12)18)16(20)13-5-7-14(8-6-13)17(2,3)4/h12-15H,5-11,18H2,1-4H3. The second kappa shape index (κ2) is 6.05. The third-order valence-electron chi connectivity index (χ3n) is 5.58. The van der Waals surface area contributed by atoms with Crippen LogP contribution in [0.25, 0.3) is 0 Å². The van der Waals surface area contributed by atoms with Crippen molar-refractivity contribution in [2.24, 2.45) is 28.9 Å². The Morgan fingerprint density at radius 1 is 1.10 bits per heavy atom. The van der Waals surface area contributed by atoms with Crippen LogP contribution in [0.2, 0.25) is 0 Å². The van der Waals surface area contributed by atoms with Gasteiger partial charge in [0.1, 0.15) is 0 Å². The highest BCUT2D eigenvalue weighted by Crippen LogP contribution is 2.40. The first-order valence-corrected chi connectivity index (χ1v) is 8.33. The van der Waals surface area contributed by atoms with Crippen molar-refractivity contribution in [2.75, 3.05) is 13.1 Å². The van der Waals surface area contributed by atoms with Crippen molar-refractivity contribution in [3.05, 3.63) is 0 Å². The molecule has 3 heteroatoms. The number of carbonyl (C=O) groups is 1. The van der Waals surface area contributed by atoms with Gasteiger partial charge in [-0.1, -0.05) is 27.7 Å². The highest BCUT2D eigenvalue weighted by molar-refractivity contribution is 5.79. The van der Waals surface area contributed by atoms with Crippen molar-refractivity contribution in [3.63, 3.8) is 0 Å². The molecule has 116 valence electrons. The molecule has 2 aliphatic rings. The minimum Gasteiger partial charge on any atom is -0.342 e. The molecule has 0 aromatic carbocycles. The molecular weight excluding hydrogens is 248 g/mol. The molecule has 0 bridgehead atoms. The lowest BCUT2D eigenvalue weighted by Crippen LogP contribution is -2.50. The van der Waals surface area contributed by atoms with Crippen molar-refractivity contribution in [1.82, 2.24) is 4.90 Å². The van der Waals surface area contributed by atoms with E-state index in [2.05, 4.69) is 32.6 Å². The predicted octanol–water partition coefficient (Wildman–Crippen LogP) is 3.03. The molecule has 2 fully saturated rings. The molecule has 1 aliphatic heterocycles. The average molecular weight is 280 g/mol. The summed E-state index contributed by atoms with van der Waals surface area (Å²) in [6, 6.07) is 0.274. The van der Waals surface area contributed by atoms with Gasteiger partial charge in [0.05, 0.1) is 0 Å². The molecule has 1 saturated carbocycles.